The molecule has 3 rings (SSSR count). The normalized spacial score (nSPS) is 10.9. The third kappa shape index (κ3) is 5.53. The van der Waals surface area contributed by atoms with Crippen molar-refractivity contribution in [1.82, 2.24) is 9.55 Å². The van der Waals surface area contributed by atoms with Gasteiger partial charge in [-0.2, -0.15) is 0 Å². The molecule has 0 atom stereocenters. The van der Waals surface area contributed by atoms with E-state index in [1.54, 1.807) is 35.8 Å². The Morgan fingerprint density at radius 2 is 1.94 bits per heavy atom. The highest BCUT2D eigenvalue weighted by Gasteiger charge is 2.19. The van der Waals surface area contributed by atoms with Crippen LogP contribution in [0.4, 0.5) is 11.4 Å². The zero-order valence-electron chi connectivity index (χ0n) is 18.2. The second-order valence-corrected chi connectivity index (χ2v) is 8.43. The molecule has 3 aromatic rings. The number of thioether (sulfide) groups is 1. The first-order valence-corrected chi connectivity index (χ1v) is 11.6. The second kappa shape index (κ2) is 10.9. The van der Waals surface area contributed by atoms with E-state index in [4.69, 9.17) is 0 Å². The van der Waals surface area contributed by atoms with Crippen molar-refractivity contribution >= 4 is 39.9 Å². The number of nitrogens with zero attached hydrogens (tertiary/aromatic N) is 3. The Kier molecular flexibility index (Phi) is 7.99. The first kappa shape index (κ1) is 23.5. The number of nitro benzene ring substituents is 1. The lowest BCUT2D eigenvalue weighted by molar-refractivity contribution is -0.384. The van der Waals surface area contributed by atoms with Gasteiger partial charge in [-0.1, -0.05) is 62.2 Å². The lowest BCUT2D eigenvalue weighted by Gasteiger charge is -2.13. The van der Waals surface area contributed by atoms with Crippen molar-refractivity contribution in [2.24, 2.45) is 0 Å². The second-order valence-electron chi connectivity index (χ2n) is 7.49. The lowest BCUT2D eigenvalue weighted by Crippen LogP contribution is -2.24. The molecule has 9 heteroatoms. The molecule has 0 bridgehead atoms. The van der Waals surface area contributed by atoms with Crippen LogP contribution in [0.3, 0.4) is 0 Å². The van der Waals surface area contributed by atoms with E-state index >= 15 is 0 Å². The van der Waals surface area contributed by atoms with Crippen molar-refractivity contribution in [3.8, 4) is 0 Å². The molecule has 1 heterocycles. The Balaban J connectivity index is 1.81. The maximum atomic E-state index is 13.0. The van der Waals surface area contributed by atoms with Crippen LogP contribution in [0, 0.1) is 17.0 Å². The Hall–Kier alpha value is -3.20. The van der Waals surface area contributed by atoms with Crippen LogP contribution in [-0.2, 0) is 11.3 Å². The largest absolute Gasteiger partial charge is 0.319 e. The van der Waals surface area contributed by atoms with Gasteiger partial charge in [0.15, 0.2) is 5.16 Å². The van der Waals surface area contributed by atoms with Crippen LogP contribution < -0.4 is 10.9 Å². The van der Waals surface area contributed by atoms with Crippen molar-refractivity contribution in [2.75, 3.05) is 11.1 Å². The van der Waals surface area contributed by atoms with E-state index < -0.39 is 10.8 Å². The molecular weight excluding hydrogens is 428 g/mol. The molecule has 0 fully saturated rings. The molecule has 2 aromatic carbocycles. The number of aromatic nitrogens is 2. The van der Waals surface area contributed by atoms with Gasteiger partial charge in [-0.25, -0.2) is 4.98 Å². The monoisotopic (exact) mass is 454 g/mol. The molecule has 0 saturated carbocycles. The van der Waals surface area contributed by atoms with Crippen LogP contribution in [0.15, 0.2) is 52.4 Å². The number of benzene rings is 2. The average Bonchev–Trinajstić information content (AvgIpc) is 2.78. The molecule has 8 nitrogen and oxygen atoms in total. The van der Waals surface area contributed by atoms with Crippen molar-refractivity contribution in [2.45, 2.75) is 51.2 Å². The standard InChI is InChI=1S/C23H26N4O4S/c1-3-4-5-8-14-26-22(29)17-11-6-7-12-18(17)24-23(26)32-15-20(28)25-21-16(2)10-9-13-19(21)27(30)31/h6-7,9-13H,3-5,8,14-15H2,1-2H3,(H,25,28). The van der Waals surface area contributed by atoms with Crippen LogP contribution >= 0.6 is 11.8 Å². The molecule has 1 N–H and O–H groups in total. The number of hydrogen-bond acceptors (Lipinski definition) is 6. The van der Waals surface area contributed by atoms with Gasteiger partial charge in [0.25, 0.3) is 11.2 Å². The Bertz CT molecular complexity index is 1190. The fourth-order valence-corrected chi connectivity index (χ4v) is 4.25. The molecule has 32 heavy (non-hydrogen) atoms. The molecule has 0 unspecified atom stereocenters. The maximum absolute atomic E-state index is 13.0. The van der Waals surface area contributed by atoms with E-state index in [2.05, 4.69) is 17.2 Å². The topological polar surface area (TPSA) is 107 Å². The van der Waals surface area contributed by atoms with Gasteiger partial charge in [-0.15, -0.1) is 0 Å². The van der Waals surface area contributed by atoms with Gasteiger partial charge >= 0.3 is 0 Å². The summed E-state index contributed by atoms with van der Waals surface area (Å²) in [4.78, 5) is 41.0. The number of unbranched alkanes of at least 4 members (excludes halogenated alkanes) is 3. The number of nitro groups is 1. The molecular formula is C23H26N4O4S. The highest BCUT2D eigenvalue weighted by molar-refractivity contribution is 7.99. The summed E-state index contributed by atoms with van der Waals surface area (Å²) in [6, 6.07) is 11.8. The van der Waals surface area contributed by atoms with E-state index in [0.717, 1.165) is 37.4 Å². The van der Waals surface area contributed by atoms with Gasteiger partial charge < -0.3 is 5.32 Å². The predicted octanol–water partition coefficient (Wildman–Crippen LogP) is 4.92. The Morgan fingerprint density at radius 3 is 2.69 bits per heavy atom. The number of nitrogens with one attached hydrogen (secondary N) is 1. The van der Waals surface area contributed by atoms with Crippen LogP contribution in [0.5, 0.6) is 0 Å². The minimum Gasteiger partial charge on any atom is -0.319 e. The SMILES string of the molecule is CCCCCCn1c(SCC(=O)Nc2c(C)cccc2[N+](=O)[O-])nc2ccccc2c1=O. The number of fused-ring (bicyclic) bond motifs is 1. The average molecular weight is 455 g/mol. The Labute approximate surface area is 190 Å². The van der Waals surface area contributed by atoms with Crippen LogP contribution in [0.25, 0.3) is 10.9 Å². The highest BCUT2D eigenvalue weighted by atomic mass is 32.2. The molecule has 0 aliphatic carbocycles. The third-order valence-corrected chi connectivity index (χ3v) is 6.08. The van der Waals surface area contributed by atoms with E-state index in [9.17, 15) is 19.7 Å². The molecule has 168 valence electrons. The van der Waals surface area contributed by atoms with Gasteiger partial charge in [0.1, 0.15) is 5.69 Å². The van der Waals surface area contributed by atoms with Crippen molar-refractivity contribution in [3.05, 3.63) is 68.5 Å². The third-order valence-electron chi connectivity index (χ3n) is 5.11. The maximum Gasteiger partial charge on any atom is 0.293 e. The zero-order valence-corrected chi connectivity index (χ0v) is 19.0. The quantitative estimate of drug-likeness (QED) is 0.153. The fraction of sp³-hybridized carbons (Fsp3) is 0.348. The number of carbonyl (C=O) groups excluding carboxylic acids is 1. The Morgan fingerprint density at radius 1 is 1.16 bits per heavy atom. The van der Waals surface area contributed by atoms with Gasteiger partial charge in [0.05, 0.1) is 21.6 Å². The van der Waals surface area contributed by atoms with Gasteiger partial charge in [0.2, 0.25) is 5.91 Å². The minimum atomic E-state index is -0.519. The minimum absolute atomic E-state index is 0.0226. The fourth-order valence-electron chi connectivity index (χ4n) is 3.42. The summed E-state index contributed by atoms with van der Waals surface area (Å²) in [5.74, 6) is -0.419. The number of carbonyl (C=O) groups is 1. The first-order valence-electron chi connectivity index (χ1n) is 10.6. The van der Waals surface area contributed by atoms with E-state index in [0.29, 0.717) is 28.2 Å². The molecule has 0 aliphatic rings. The zero-order chi connectivity index (χ0) is 23.1. The van der Waals surface area contributed by atoms with Crippen molar-refractivity contribution < 1.29 is 9.72 Å². The van der Waals surface area contributed by atoms with Gasteiger partial charge in [0, 0.05) is 12.6 Å². The summed E-state index contributed by atoms with van der Waals surface area (Å²) < 4.78 is 1.63. The van der Waals surface area contributed by atoms with Gasteiger partial charge in [-0.05, 0) is 31.0 Å². The van der Waals surface area contributed by atoms with Crippen LogP contribution in [-0.4, -0.2) is 26.1 Å². The first-order chi connectivity index (χ1) is 15.4. The summed E-state index contributed by atoms with van der Waals surface area (Å²) in [5.41, 5.74) is 1.10. The number of para-hydroxylation sites is 2. The van der Waals surface area contributed by atoms with E-state index in [1.807, 2.05) is 12.1 Å². The van der Waals surface area contributed by atoms with E-state index in [1.165, 1.54) is 6.07 Å². The summed E-state index contributed by atoms with van der Waals surface area (Å²) in [6.07, 6.45) is 4.05. The van der Waals surface area contributed by atoms with Crippen molar-refractivity contribution in [1.29, 1.82) is 0 Å². The van der Waals surface area contributed by atoms with Crippen molar-refractivity contribution in [3.63, 3.8) is 0 Å². The van der Waals surface area contributed by atoms with Gasteiger partial charge in [-0.3, -0.25) is 24.3 Å². The van der Waals surface area contributed by atoms with Crippen LogP contribution in [0.1, 0.15) is 38.2 Å². The highest BCUT2D eigenvalue weighted by Crippen LogP contribution is 2.28. The number of aryl methyl sites for hydroxylation is 1. The summed E-state index contributed by atoms with van der Waals surface area (Å²) >= 11 is 1.16. The molecule has 0 saturated heterocycles. The summed E-state index contributed by atoms with van der Waals surface area (Å²) in [7, 11) is 0. The number of amides is 1. The molecule has 1 aromatic heterocycles. The summed E-state index contributed by atoms with van der Waals surface area (Å²) in [5, 5.41) is 15.0. The number of rotatable bonds is 10. The summed E-state index contributed by atoms with van der Waals surface area (Å²) in [6.45, 7) is 4.36. The predicted molar refractivity (Wildman–Crippen MR) is 127 cm³/mol. The van der Waals surface area contributed by atoms with E-state index in [-0.39, 0.29) is 22.7 Å². The molecule has 1 amide bonds. The molecule has 0 aliphatic heterocycles. The lowest BCUT2D eigenvalue weighted by atomic mass is 10.1. The number of anilines is 1. The molecule has 0 spiro atoms. The number of hydrogen-bond donors (Lipinski definition) is 1. The van der Waals surface area contributed by atoms with Crippen LogP contribution in [0.2, 0.25) is 0 Å². The smallest absolute Gasteiger partial charge is 0.293 e. The molecule has 0 radical (unpaired) electrons.